The first-order chi connectivity index (χ1) is 13.8. The van der Waals surface area contributed by atoms with Crippen molar-refractivity contribution in [3.05, 3.63) is 64.9 Å². The first kappa shape index (κ1) is 19.8. The predicted molar refractivity (Wildman–Crippen MR) is 123 cm³/mol. The van der Waals surface area contributed by atoms with E-state index in [0.29, 0.717) is 12.5 Å². The van der Waals surface area contributed by atoms with Crippen LogP contribution in [-0.4, -0.2) is 24.9 Å². The van der Waals surface area contributed by atoms with E-state index < -0.39 is 0 Å². The van der Waals surface area contributed by atoms with Crippen LogP contribution in [0.3, 0.4) is 0 Å². The fourth-order valence-electron chi connectivity index (χ4n) is 4.86. The summed E-state index contributed by atoms with van der Waals surface area (Å²) < 4.78 is 0. The molecule has 3 heteroatoms. The van der Waals surface area contributed by atoms with E-state index in [2.05, 4.69) is 93.8 Å². The molecule has 0 spiro atoms. The number of hydrogen-bond acceptors (Lipinski definition) is 3. The molecule has 0 N–H and O–H groups in total. The van der Waals surface area contributed by atoms with Crippen LogP contribution < -0.4 is 9.80 Å². The molecule has 0 saturated heterocycles. The van der Waals surface area contributed by atoms with E-state index in [1.807, 2.05) is 0 Å². The molecule has 1 aliphatic heterocycles. The van der Waals surface area contributed by atoms with E-state index in [-0.39, 0.29) is 11.2 Å². The number of fused-ring (bicyclic) bond motifs is 1. The lowest BCUT2D eigenvalue weighted by atomic mass is 9.80. The molecule has 4 rings (SSSR count). The second-order valence-electron chi connectivity index (χ2n) is 8.93. The zero-order valence-corrected chi connectivity index (χ0v) is 18.5. The van der Waals surface area contributed by atoms with Gasteiger partial charge in [0.25, 0.3) is 0 Å². The van der Waals surface area contributed by atoms with Gasteiger partial charge in [-0.1, -0.05) is 43.7 Å². The molecule has 1 heterocycles. The van der Waals surface area contributed by atoms with Gasteiger partial charge in [-0.25, -0.2) is 0 Å². The lowest BCUT2D eigenvalue weighted by molar-refractivity contribution is -0.114. The summed E-state index contributed by atoms with van der Waals surface area (Å²) in [7, 11) is 0. The van der Waals surface area contributed by atoms with E-state index in [1.54, 1.807) is 0 Å². The summed E-state index contributed by atoms with van der Waals surface area (Å²) in [4.78, 5) is 17.4. The van der Waals surface area contributed by atoms with Crippen molar-refractivity contribution in [1.29, 1.82) is 0 Å². The molecule has 1 aliphatic carbocycles. The quantitative estimate of drug-likeness (QED) is 0.655. The average molecular weight is 389 g/mol. The Bertz CT molecular complexity index is 980. The molecule has 1 atom stereocenters. The Morgan fingerprint density at radius 2 is 1.72 bits per heavy atom. The number of rotatable bonds is 5. The number of hydrogen-bond donors (Lipinski definition) is 0. The fourth-order valence-corrected chi connectivity index (χ4v) is 4.86. The number of allylic oxidation sites excluding steroid dienone is 2. The maximum atomic E-state index is 12.7. The maximum Gasteiger partial charge on any atom is 0.171 e. The van der Waals surface area contributed by atoms with Gasteiger partial charge in [0.1, 0.15) is 0 Å². The molecule has 0 saturated carbocycles. The van der Waals surface area contributed by atoms with E-state index in [1.165, 1.54) is 28.2 Å². The van der Waals surface area contributed by atoms with Crippen molar-refractivity contribution in [2.24, 2.45) is 0 Å². The number of benzene rings is 2. The van der Waals surface area contributed by atoms with Crippen LogP contribution in [0.1, 0.15) is 57.7 Å². The topological polar surface area (TPSA) is 23.6 Å². The molecular weight excluding hydrogens is 356 g/mol. The Morgan fingerprint density at radius 1 is 1.07 bits per heavy atom. The van der Waals surface area contributed by atoms with E-state index in [9.17, 15) is 4.79 Å². The summed E-state index contributed by atoms with van der Waals surface area (Å²) >= 11 is 0. The maximum absolute atomic E-state index is 12.7. The second-order valence-corrected chi connectivity index (χ2v) is 8.93. The van der Waals surface area contributed by atoms with Crippen molar-refractivity contribution in [2.75, 3.05) is 22.9 Å². The molecule has 0 bridgehead atoms. The molecular formula is C26H32N2O. The highest BCUT2D eigenvalue weighted by molar-refractivity contribution is 6.29. The van der Waals surface area contributed by atoms with Crippen molar-refractivity contribution < 1.29 is 4.79 Å². The third kappa shape index (κ3) is 2.99. The van der Waals surface area contributed by atoms with E-state index in [0.717, 1.165) is 24.2 Å². The molecule has 2 aromatic carbocycles. The second kappa shape index (κ2) is 7.05. The number of carbonyl (C=O) groups excluding carboxylic acids is 1. The average Bonchev–Trinajstić information content (AvgIpc) is 2.88. The Kier molecular flexibility index (Phi) is 4.80. The normalized spacial score (nSPS) is 20.0. The molecule has 0 aromatic heterocycles. The van der Waals surface area contributed by atoms with E-state index >= 15 is 0 Å². The number of nitrogens with zero attached hydrogens (tertiary/aromatic N) is 2. The minimum atomic E-state index is 0.0463. The highest BCUT2D eigenvalue weighted by atomic mass is 16.1. The van der Waals surface area contributed by atoms with Gasteiger partial charge in [0.15, 0.2) is 5.78 Å². The molecule has 2 aromatic rings. The molecule has 0 fully saturated rings. The standard InChI is InChI=1S/C26H32N2O/c1-7-27(8-2)20-12-10-19(11-13-20)25-23(16-24(25)29)28-18(4)26(5,6)21-15-17(3)9-14-22(21)28/h9-15,18H,7-8,16H2,1-6H3. The summed E-state index contributed by atoms with van der Waals surface area (Å²) in [6, 6.07) is 15.6. The van der Waals surface area contributed by atoms with Gasteiger partial charge in [-0.3, -0.25) is 4.79 Å². The van der Waals surface area contributed by atoms with Crippen LogP contribution >= 0.6 is 0 Å². The van der Waals surface area contributed by atoms with Gasteiger partial charge in [0.05, 0.1) is 6.42 Å². The predicted octanol–water partition coefficient (Wildman–Crippen LogP) is 5.71. The zero-order valence-electron chi connectivity index (χ0n) is 18.5. The number of Topliss-reactive ketones (excluding diaryl/α,β-unsaturated/α-hetero) is 1. The molecule has 0 amide bonds. The third-order valence-electron chi connectivity index (χ3n) is 7.01. The van der Waals surface area contributed by atoms with Crippen LogP contribution in [0.4, 0.5) is 11.4 Å². The first-order valence-electron chi connectivity index (χ1n) is 10.8. The van der Waals surface area contributed by atoms with Crippen LogP contribution in [0.25, 0.3) is 5.57 Å². The molecule has 152 valence electrons. The lowest BCUT2D eigenvalue weighted by Crippen LogP contribution is -2.42. The minimum Gasteiger partial charge on any atom is -0.372 e. The largest absolute Gasteiger partial charge is 0.372 e. The monoisotopic (exact) mass is 388 g/mol. The summed E-state index contributed by atoms with van der Waals surface area (Å²) in [6.07, 6.45) is 0.529. The van der Waals surface area contributed by atoms with Gasteiger partial charge in [-0.2, -0.15) is 0 Å². The number of aryl methyl sites for hydroxylation is 1. The number of carbonyl (C=O) groups is 1. The molecule has 29 heavy (non-hydrogen) atoms. The van der Waals surface area contributed by atoms with Gasteiger partial charge in [0, 0.05) is 47.2 Å². The smallest absolute Gasteiger partial charge is 0.171 e. The minimum absolute atomic E-state index is 0.0463. The summed E-state index contributed by atoms with van der Waals surface area (Å²) in [5.74, 6) is 0.251. The van der Waals surface area contributed by atoms with Crippen molar-refractivity contribution in [3.63, 3.8) is 0 Å². The fraction of sp³-hybridized carbons (Fsp3) is 0.423. The van der Waals surface area contributed by atoms with Crippen molar-refractivity contribution in [2.45, 2.75) is 59.4 Å². The van der Waals surface area contributed by atoms with Crippen LogP contribution in [0.5, 0.6) is 0 Å². The first-order valence-corrected chi connectivity index (χ1v) is 10.8. The van der Waals surface area contributed by atoms with Gasteiger partial charge < -0.3 is 9.80 Å². The van der Waals surface area contributed by atoms with Crippen molar-refractivity contribution in [1.82, 2.24) is 0 Å². The van der Waals surface area contributed by atoms with Crippen LogP contribution in [0.15, 0.2) is 48.2 Å². The Morgan fingerprint density at radius 3 is 2.31 bits per heavy atom. The highest BCUT2D eigenvalue weighted by Crippen LogP contribution is 2.50. The lowest BCUT2D eigenvalue weighted by Gasteiger charge is -2.38. The Hall–Kier alpha value is -2.55. The zero-order chi connectivity index (χ0) is 20.9. The van der Waals surface area contributed by atoms with E-state index in [4.69, 9.17) is 0 Å². The van der Waals surface area contributed by atoms with Gasteiger partial charge in [-0.05, 0) is 57.0 Å². The molecule has 2 aliphatic rings. The Labute approximate surface area is 175 Å². The van der Waals surface area contributed by atoms with Crippen molar-refractivity contribution >= 4 is 22.7 Å². The number of ketones is 1. The van der Waals surface area contributed by atoms with Gasteiger partial charge in [-0.15, -0.1) is 0 Å². The highest BCUT2D eigenvalue weighted by Gasteiger charge is 2.46. The molecule has 3 nitrogen and oxygen atoms in total. The molecule has 1 unspecified atom stereocenters. The number of anilines is 2. The summed E-state index contributed by atoms with van der Waals surface area (Å²) in [6.45, 7) is 15.4. The van der Waals surface area contributed by atoms with Crippen LogP contribution in [0.2, 0.25) is 0 Å². The third-order valence-corrected chi connectivity index (χ3v) is 7.01. The molecule has 0 radical (unpaired) electrons. The summed E-state index contributed by atoms with van der Waals surface area (Å²) in [5.41, 5.74) is 8.30. The van der Waals surface area contributed by atoms with Crippen molar-refractivity contribution in [3.8, 4) is 0 Å². The SMILES string of the molecule is CCN(CC)c1ccc(C2=C(N3c4ccc(C)cc4C(C)(C)C3C)CC2=O)cc1. The van der Waals surface area contributed by atoms with Gasteiger partial charge >= 0.3 is 0 Å². The summed E-state index contributed by atoms with van der Waals surface area (Å²) in [5, 5.41) is 0. The van der Waals surface area contributed by atoms with Crippen LogP contribution in [0, 0.1) is 6.92 Å². The Balaban J connectivity index is 1.77. The van der Waals surface area contributed by atoms with Gasteiger partial charge in [0.2, 0.25) is 0 Å². The van der Waals surface area contributed by atoms with Crippen LogP contribution in [-0.2, 0) is 10.2 Å².